The number of halogens is 1. The van der Waals surface area contributed by atoms with Gasteiger partial charge in [-0.1, -0.05) is 182 Å². The number of hydrogen-bond donors (Lipinski definition) is 0. The molecule has 0 aliphatic carbocycles. The molecule has 0 aliphatic heterocycles. The van der Waals surface area contributed by atoms with Crippen LogP contribution in [0.5, 0.6) is 0 Å². The maximum absolute atomic E-state index is 4.61. The van der Waals surface area contributed by atoms with E-state index in [2.05, 4.69) is 38.3 Å². The summed E-state index contributed by atoms with van der Waals surface area (Å²) in [5.74, 6) is 0. The van der Waals surface area contributed by atoms with Gasteiger partial charge in [-0.25, -0.2) is 0 Å². The van der Waals surface area contributed by atoms with E-state index in [-0.39, 0.29) is 45.5 Å². The molecule has 0 bridgehead atoms. The second kappa shape index (κ2) is 46.1. The zero-order chi connectivity index (χ0) is 25.2. The average molecular weight is 644 g/mol. The zero-order valence-electron chi connectivity index (χ0n) is 25.6. The van der Waals surface area contributed by atoms with Crippen molar-refractivity contribution in [3.8, 4) is 0 Å². The second-order valence-corrected chi connectivity index (χ2v) is 10.4. The van der Waals surface area contributed by atoms with Crippen molar-refractivity contribution in [2.45, 2.75) is 182 Å². The molecule has 0 rings (SSSR count). The van der Waals surface area contributed by atoms with Crippen LogP contribution in [0, 0.1) is 40.8 Å². The average Bonchev–Trinajstić information content (AvgIpc) is 2.85. The van der Waals surface area contributed by atoms with Crippen LogP contribution in [0.25, 0.3) is 10.6 Å². The molecule has 0 saturated carbocycles. The van der Waals surface area contributed by atoms with E-state index in [1.54, 1.807) is 0 Å². The summed E-state index contributed by atoms with van der Waals surface area (Å²) in [6.07, 6.45) is 33.2. The molecule has 0 unspecified atom stereocenters. The van der Waals surface area contributed by atoms with Gasteiger partial charge in [-0.3, -0.25) is 0 Å². The first-order valence-corrected chi connectivity index (χ1v) is 16.1. The molecule has 0 heterocycles. The zero-order valence-corrected chi connectivity index (χ0v) is 28.8. The van der Waals surface area contributed by atoms with Crippen molar-refractivity contribution in [2.24, 2.45) is 0 Å². The van der Waals surface area contributed by atoms with Crippen LogP contribution >= 0.6 is 0 Å². The van der Waals surface area contributed by atoms with E-state index in [0.29, 0.717) is 0 Å². The Morgan fingerprint density at radius 2 is 0.444 bits per heavy atom. The maximum Gasteiger partial charge on any atom is 3.00 e. The largest absolute Gasteiger partial charge is 3.00 e. The predicted molar refractivity (Wildman–Crippen MR) is 160 cm³/mol. The minimum absolute atomic E-state index is 0. The van der Waals surface area contributed by atoms with Crippen LogP contribution in [0.1, 0.15) is 182 Å². The first-order chi connectivity index (χ1) is 16.8. The fourth-order valence-electron chi connectivity index (χ4n) is 4.24. The van der Waals surface area contributed by atoms with Crippen LogP contribution in [-0.4, -0.2) is 26.2 Å². The van der Waals surface area contributed by atoms with Crippen molar-refractivity contribution < 1.29 is 45.5 Å². The summed E-state index contributed by atoms with van der Waals surface area (Å²) in [7, 11) is 0. The summed E-state index contributed by atoms with van der Waals surface area (Å²) in [6.45, 7) is 13.5. The Kier molecular flexibility index (Phi) is 56.6. The molecular weight excluding hydrogens is 576 g/mol. The summed E-state index contributed by atoms with van der Waals surface area (Å²) in [6, 6.07) is 0. The molecule has 0 amide bonds. The van der Waals surface area contributed by atoms with Crippen LogP contribution < -0.4 is 4.70 Å². The molecule has 1 radical (unpaired) electrons. The van der Waals surface area contributed by atoms with E-state index in [1.165, 1.54) is 154 Å². The van der Waals surface area contributed by atoms with Gasteiger partial charge in [-0.15, -0.1) is 26.2 Å². The fraction of sp³-hybridized carbons (Fsp3) is 1.00. The number of hydrogen-bond acceptors (Lipinski definition) is 0. The Balaban J connectivity index is -0.000000269. The SMILES string of the molecule is CCCCCCCC[N-]CCCCCCCC.CCCCCCCC[N-]CCCCCCCC.[F-].[Nd+3]. The Labute approximate surface area is 262 Å². The summed E-state index contributed by atoms with van der Waals surface area (Å²) >= 11 is 0. The summed E-state index contributed by atoms with van der Waals surface area (Å²) < 4.78 is 0. The van der Waals surface area contributed by atoms with Gasteiger partial charge in [0.25, 0.3) is 0 Å². The number of nitrogens with zero attached hydrogens (tertiary/aromatic N) is 2. The first-order valence-electron chi connectivity index (χ1n) is 16.1. The van der Waals surface area contributed by atoms with E-state index in [1.807, 2.05) is 0 Å². The molecule has 217 valence electrons. The first kappa shape index (κ1) is 44.2. The van der Waals surface area contributed by atoms with Gasteiger partial charge in [-0.05, 0) is 0 Å². The minimum atomic E-state index is 0. The second-order valence-electron chi connectivity index (χ2n) is 10.4. The number of unbranched alkanes of at least 4 members (excludes halogenated alkanes) is 20. The molecule has 0 atom stereocenters. The van der Waals surface area contributed by atoms with Crippen LogP contribution in [0.3, 0.4) is 0 Å². The molecule has 2 nitrogen and oxygen atoms in total. The molecule has 0 aliphatic rings. The quantitative estimate of drug-likeness (QED) is 0.0761. The third kappa shape index (κ3) is 48.3. The molecule has 0 fully saturated rings. The van der Waals surface area contributed by atoms with Gasteiger partial charge in [0.2, 0.25) is 0 Å². The van der Waals surface area contributed by atoms with Gasteiger partial charge in [0.15, 0.2) is 0 Å². The Morgan fingerprint density at radius 1 is 0.278 bits per heavy atom. The minimum Gasteiger partial charge on any atom is -1.00 e. The topological polar surface area (TPSA) is 28.2 Å². The van der Waals surface area contributed by atoms with Crippen LogP contribution in [0.15, 0.2) is 0 Å². The Hall–Kier alpha value is 1.20. The van der Waals surface area contributed by atoms with Gasteiger partial charge in [-0.2, -0.15) is 0 Å². The monoisotopic (exact) mass is 641 g/mol. The van der Waals surface area contributed by atoms with E-state index >= 15 is 0 Å². The van der Waals surface area contributed by atoms with Gasteiger partial charge in [0, 0.05) is 0 Å². The molecular formula is C32H68FN2Nd. The van der Waals surface area contributed by atoms with Gasteiger partial charge in [0.05, 0.1) is 0 Å². The molecule has 36 heavy (non-hydrogen) atoms. The van der Waals surface area contributed by atoms with Gasteiger partial charge >= 0.3 is 40.8 Å². The summed E-state index contributed by atoms with van der Waals surface area (Å²) in [4.78, 5) is 0. The van der Waals surface area contributed by atoms with E-state index in [9.17, 15) is 0 Å². The van der Waals surface area contributed by atoms with Crippen molar-refractivity contribution in [3.05, 3.63) is 10.6 Å². The molecule has 4 heteroatoms. The normalized spacial score (nSPS) is 10.3. The maximum atomic E-state index is 4.61. The van der Waals surface area contributed by atoms with Crippen molar-refractivity contribution in [3.63, 3.8) is 0 Å². The number of rotatable bonds is 28. The third-order valence-corrected chi connectivity index (χ3v) is 6.68. The summed E-state index contributed by atoms with van der Waals surface area (Å²) in [5.41, 5.74) is 0. The standard InChI is InChI=1S/2C16H34N.FH.Nd/c2*1-3-5-7-9-11-13-15-17-16-14-12-10-8-6-4-2;;/h2*3-16H2,1-2H3;1H;/q2*-1;;+3/p-1. The smallest absolute Gasteiger partial charge is 1.00 e. The van der Waals surface area contributed by atoms with Crippen molar-refractivity contribution in [2.75, 3.05) is 26.2 Å². The predicted octanol–water partition coefficient (Wildman–Crippen LogP) is 9.17. The molecule has 0 saturated heterocycles. The van der Waals surface area contributed by atoms with Crippen molar-refractivity contribution in [1.29, 1.82) is 0 Å². The Bertz CT molecular complexity index is 261. The van der Waals surface area contributed by atoms with Crippen LogP contribution in [-0.2, 0) is 0 Å². The third-order valence-electron chi connectivity index (χ3n) is 6.68. The molecule has 0 N–H and O–H groups in total. The summed E-state index contributed by atoms with van der Waals surface area (Å²) in [5, 5.41) is 9.21. The van der Waals surface area contributed by atoms with Gasteiger partial charge in [0.1, 0.15) is 0 Å². The molecule has 0 aromatic heterocycles. The van der Waals surface area contributed by atoms with Crippen LogP contribution in [0.2, 0.25) is 0 Å². The van der Waals surface area contributed by atoms with E-state index in [4.69, 9.17) is 0 Å². The molecule has 0 aromatic rings. The van der Waals surface area contributed by atoms with Crippen molar-refractivity contribution in [1.82, 2.24) is 0 Å². The van der Waals surface area contributed by atoms with Gasteiger partial charge < -0.3 is 15.3 Å². The van der Waals surface area contributed by atoms with E-state index < -0.39 is 0 Å². The Morgan fingerprint density at radius 3 is 0.639 bits per heavy atom. The fourth-order valence-corrected chi connectivity index (χ4v) is 4.24. The molecule has 0 aromatic carbocycles. The molecule has 0 spiro atoms. The van der Waals surface area contributed by atoms with Crippen LogP contribution in [0.4, 0.5) is 0 Å². The van der Waals surface area contributed by atoms with Crippen molar-refractivity contribution >= 4 is 0 Å². The van der Waals surface area contributed by atoms with E-state index in [0.717, 1.165) is 26.2 Å².